The normalized spacial score (nSPS) is 13.3. The van der Waals surface area contributed by atoms with Crippen LogP contribution in [0.3, 0.4) is 0 Å². The molecule has 1 N–H and O–H groups in total. The van der Waals surface area contributed by atoms with Crippen LogP contribution >= 0.6 is 11.3 Å². The van der Waals surface area contributed by atoms with Crippen molar-refractivity contribution in [3.05, 3.63) is 22.4 Å². The van der Waals surface area contributed by atoms with Gasteiger partial charge in [0.05, 0.1) is 0 Å². The second-order valence-corrected chi connectivity index (χ2v) is 4.16. The van der Waals surface area contributed by atoms with Crippen molar-refractivity contribution in [1.82, 2.24) is 0 Å². The minimum atomic E-state index is -0.594. The fourth-order valence-electron chi connectivity index (χ4n) is 1.33. The van der Waals surface area contributed by atoms with Crippen molar-refractivity contribution in [2.24, 2.45) is 0 Å². The smallest absolute Gasteiger partial charge is 0.183 e. The minimum absolute atomic E-state index is 0.512. The molecule has 0 saturated carbocycles. The SMILES string of the molecule is CCOC(OCC)C(O)Cc1cccs1. The van der Waals surface area contributed by atoms with Crippen molar-refractivity contribution in [3.63, 3.8) is 0 Å². The molecular formula is C11H18O3S. The molecule has 0 spiro atoms. The Hall–Kier alpha value is -0.420. The van der Waals surface area contributed by atoms with E-state index in [0.717, 1.165) is 4.88 Å². The van der Waals surface area contributed by atoms with Crippen molar-refractivity contribution < 1.29 is 14.6 Å². The van der Waals surface area contributed by atoms with Gasteiger partial charge in [0.1, 0.15) is 6.10 Å². The summed E-state index contributed by atoms with van der Waals surface area (Å²) in [5.41, 5.74) is 0. The predicted octanol–water partition coefficient (Wildman–Crippen LogP) is 2.05. The van der Waals surface area contributed by atoms with Gasteiger partial charge in [-0.1, -0.05) is 6.07 Å². The van der Waals surface area contributed by atoms with Gasteiger partial charge in [0.15, 0.2) is 6.29 Å². The fourth-order valence-corrected chi connectivity index (χ4v) is 2.09. The second-order valence-electron chi connectivity index (χ2n) is 3.13. The van der Waals surface area contributed by atoms with Crippen LogP contribution in [0.2, 0.25) is 0 Å². The molecule has 1 atom stereocenters. The van der Waals surface area contributed by atoms with E-state index in [0.29, 0.717) is 19.6 Å². The van der Waals surface area contributed by atoms with Crippen LogP contribution in [0.4, 0.5) is 0 Å². The molecule has 0 saturated heterocycles. The highest BCUT2D eigenvalue weighted by Gasteiger charge is 2.20. The third kappa shape index (κ3) is 4.30. The van der Waals surface area contributed by atoms with Crippen LogP contribution in [0.1, 0.15) is 18.7 Å². The van der Waals surface area contributed by atoms with E-state index >= 15 is 0 Å². The van der Waals surface area contributed by atoms with Gasteiger partial charge in [-0.15, -0.1) is 11.3 Å². The van der Waals surface area contributed by atoms with Gasteiger partial charge < -0.3 is 14.6 Å². The Morgan fingerprint density at radius 2 is 2.00 bits per heavy atom. The summed E-state index contributed by atoms with van der Waals surface area (Å²) in [6, 6.07) is 3.98. The molecule has 0 aliphatic rings. The summed E-state index contributed by atoms with van der Waals surface area (Å²) < 4.78 is 10.7. The lowest BCUT2D eigenvalue weighted by Crippen LogP contribution is -2.33. The Labute approximate surface area is 94.6 Å². The molecule has 0 bridgehead atoms. The quantitative estimate of drug-likeness (QED) is 0.729. The third-order valence-corrected chi connectivity index (χ3v) is 2.87. The molecule has 0 aromatic carbocycles. The van der Waals surface area contributed by atoms with Gasteiger partial charge in [0, 0.05) is 24.5 Å². The largest absolute Gasteiger partial charge is 0.387 e. The molecule has 0 fully saturated rings. The second kappa shape index (κ2) is 6.95. The van der Waals surface area contributed by atoms with E-state index < -0.39 is 12.4 Å². The van der Waals surface area contributed by atoms with E-state index in [-0.39, 0.29) is 0 Å². The van der Waals surface area contributed by atoms with Gasteiger partial charge >= 0.3 is 0 Å². The molecule has 86 valence electrons. The minimum Gasteiger partial charge on any atom is -0.387 e. The molecule has 1 rings (SSSR count). The molecule has 15 heavy (non-hydrogen) atoms. The number of hydrogen-bond acceptors (Lipinski definition) is 4. The average molecular weight is 230 g/mol. The topological polar surface area (TPSA) is 38.7 Å². The first-order chi connectivity index (χ1) is 7.27. The number of hydrogen-bond donors (Lipinski definition) is 1. The summed E-state index contributed by atoms with van der Waals surface area (Å²) >= 11 is 1.63. The van der Waals surface area contributed by atoms with E-state index in [1.807, 2.05) is 31.4 Å². The molecular weight excluding hydrogens is 212 g/mol. The summed E-state index contributed by atoms with van der Waals surface area (Å²) in [6.07, 6.45) is -0.520. The van der Waals surface area contributed by atoms with Gasteiger partial charge in [-0.3, -0.25) is 0 Å². The molecule has 4 heteroatoms. The van der Waals surface area contributed by atoms with Gasteiger partial charge in [-0.05, 0) is 25.3 Å². The van der Waals surface area contributed by atoms with E-state index in [1.54, 1.807) is 11.3 Å². The van der Waals surface area contributed by atoms with Crippen LogP contribution in [-0.2, 0) is 15.9 Å². The van der Waals surface area contributed by atoms with E-state index in [2.05, 4.69) is 0 Å². The highest BCUT2D eigenvalue weighted by molar-refractivity contribution is 7.09. The Bertz CT molecular complexity index is 242. The zero-order valence-electron chi connectivity index (χ0n) is 9.18. The molecule has 0 aliphatic carbocycles. The van der Waals surface area contributed by atoms with Crippen LogP contribution in [0.25, 0.3) is 0 Å². The first kappa shape index (κ1) is 12.6. The standard InChI is InChI=1S/C11H18O3S/c1-3-13-11(14-4-2)10(12)8-9-6-5-7-15-9/h5-7,10-12H,3-4,8H2,1-2H3. The summed E-state index contributed by atoms with van der Waals surface area (Å²) in [7, 11) is 0. The number of thiophene rings is 1. The maximum absolute atomic E-state index is 9.90. The fraction of sp³-hybridized carbons (Fsp3) is 0.636. The maximum Gasteiger partial charge on any atom is 0.183 e. The van der Waals surface area contributed by atoms with Crippen molar-refractivity contribution in [3.8, 4) is 0 Å². The molecule has 1 heterocycles. The first-order valence-electron chi connectivity index (χ1n) is 5.21. The van der Waals surface area contributed by atoms with Crippen LogP contribution in [0.15, 0.2) is 17.5 Å². The Morgan fingerprint density at radius 3 is 2.47 bits per heavy atom. The lowest BCUT2D eigenvalue weighted by molar-refractivity contribution is -0.188. The molecule has 0 amide bonds. The van der Waals surface area contributed by atoms with Gasteiger partial charge in [-0.2, -0.15) is 0 Å². The van der Waals surface area contributed by atoms with Crippen molar-refractivity contribution in [1.29, 1.82) is 0 Å². The molecule has 1 unspecified atom stereocenters. The third-order valence-electron chi connectivity index (χ3n) is 1.97. The van der Waals surface area contributed by atoms with Crippen LogP contribution in [0, 0.1) is 0 Å². The summed E-state index contributed by atoms with van der Waals surface area (Å²) in [6.45, 7) is 4.88. The van der Waals surface area contributed by atoms with Crippen molar-refractivity contribution in [2.45, 2.75) is 32.7 Å². The van der Waals surface area contributed by atoms with E-state index in [1.165, 1.54) is 0 Å². The van der Waals surface area contributed by atoms with Crippen molar-refractivity contribution in [2.75, 3.05) is 13.2 Å². The van der Waals surface area contributed by atoms with Gasteiger partial charge in [0.25, 0.3) is 0 Å². The summed E-state index contributed by atoms with van der Waals surface area (Å²) in [5, 5.41) is 11.9. The highest BCUT2D eigenvalue weighted by Crippen LogP contribution is 2.14. The molecule has 1 aromatic rings. The maximum atomic E-state index is 9.90. The number of rotatable bonds is 7. The Kier molecular flexibility index (Phi) is 5.86. The molecule has 0 radical (unpaired) electrons. The number of ether oxygens (including phenoxy) is 2. The zero-order valence-corrected chi connectivity index (χ0v) is 10.00. The monoisotopic (exact) mass is 230 g/mol. The van der Waals surface area contributed by atoms with Crippen molar-refractivity contribution >= 4 is 11.3 Å². The van der Waals surface area contributed by atoms with Crippen LogP contribution in [0.5, 0.6) is 0 Å². The summed E-state index contributed by atoms with van der Waals surface area (Å²) in [4.78, 5) is 1.15. The average Bonchev–Trinajstić information content (AvgIpc) is 2.70. The lowest BCUT2D eigenvalue weighted by Gasteiger charge is -2.22. The van der Waals surface area contributed by atoms with Crippen LogP contribution < -0.4 is 0 Å². The van der Waals surface area contributed by atoms with E-state index in [4.69, 9.17) is 9.47 Å². The predicted molar refractivity (Wildman–Crippen MR) is 61.1 cm³/mol. The van der Waals surface area contributed by atoms with Gasteiger partial charge in [0.2, 0.25) is 0 Å². The lowest BCUT2D eigenvalue weighted by atomic mass is 10.2. The Morgan fingerprint density at radius 1 is 1.33 bits per heavy atom. The van der Waals surface area contributed by atoms with E-state index in [9.17, 15) is 5.11 Å². The molecule has 0 aliphatic heterocycles. The number of aliphatic hydroxyl groups excluding tert-OH is 1. The number of aliphatic hydroxyl groups is 1. The Balaban J connectivity index is 2.44. The first-order valence-corrected chi connectivity index (χ1v) is 6.09. The molecule has 1 aromatic heterocycles. The summed E-state index contributed by atoms with van der Waals surface area (Å²) in [5.74, 6) is 0. The zero-order chi connectivity index (χ0) is 11.1. The van der Waals surface area contributed by atoms with Gasteiger partial charge in [-0.25, -0.2) is 0 Å². The molecule has 3 nitrogen and oxygen atoms in total. The van der Waals surface area contributed by atoms with Crippen LogP contribution in [-0.4, -0.2) is 30.7 Å². The highest BCUT2D eigenvalue weighted by atomic mass is 32.1.